The number of nitrogens with one attached hydrogen (secondary N) is 1. The average molecular weight is 425 g/mol. The van der Waals surface area contributed by atoms with Gasteiger partial charge in [-0.2, -0.15) is 0 Å². The molecule has 2 N–H and O–H groups in total. The molecular weight excluding hydrogens is 380 g/mol. The van der Waals surface area contributed by atoms with E-state index in [1.807, 2.05) is 41.5 Å². The highest BCUT2D eigenvalue weighted by molar-refractivity contribution is 5.91. The number of hydrogen-bond donors (Lipinski definition) is 2. The first-order valence-electron chi connectivity index (χ1n) is 11.2. The molecule has 0 heterocycles. The van der Waals surface area contributed by atoms with Crippen molar-refractivity contribution in [2.24, 2.45) is 23.2 Å². The normalized spacial score (nSPS) is 14.8. The van der Waals surface area contributed by atoms with Crippen LogP contribution < -0.4 is 5.32 Å². The molecule has 174 valence electrons. The first-order valence-corrected chi connectivity index (χ1v) is 11.2. The molecule has 0 aromatic carbocycles. The number of carbonyl (C=O) groups excluding carboxylic acids is 2. The summed E-state index contributed by atoms with van der Waals surface area (Å²) in [4.78, 5) is 39.5. The largest absolute Gasteiger partial charge is 0.478 e. The maximum Gasteiger partial charge on any atom is 0.331 e. The van der Waals surface area contributed by atoms with E-state index in [0.717, 1.165) is 19.3 Å². The first-order chi connectivity index (χ1) is 13.7. The molecule has 0 fully saturated rings. The van der Waals surface area contributed by atoms with Crippen molar-refractivity contribution in [3.8, 4) is 0 Å². The molecule has 0 rings (SSSR count). The molecule has 30 heavy (non-hydrogen) atoms. The van der Waals surface area contributed by atoms with E-state index in [1.165, 1.54) is 6.92 Å². The maximum absolute atomic E-state index is 13.4. The molecule has 0 aliphatic heterocycles. The van der Waals surface area contributed by atoms with Crippen LogP contribution in [0.2, 0.25) is 0 Å². The quantitative estimate of drug-likeness (QED) is 0.452. The van der Waals surface area contributed by atoms with Gasteiger partial charge in [-0.15, -0.1) is 0 Å². The Balaban J connectivity index is 5.83. The zero-order valence-corrected chi connectivity index (χ0v) is 20.7. The van der Waals surface area contributed by atoms with Gasteiger partial charge in [-0.3, -0.25) is 9.59 Å². The SMILES string of the molecule is CCC(CC)(CC(C)C)C(=O)N[C@H](C(=O)N(C)[C@H](/C=C(\C)C(=O)O)C(C)C)C(C)C. The van der Waals surface area contributed by atoms with Crippen molar-refractivity contribution < 1.29 is 19.5 Å². The van der Waals surface area contributed by atoms with Gasteiger partial charge in [0.1, 0.15) is 6.04 Å². The predicted octanol–water partition coefficient (Wildman–Crippen LogP) is 4.49. The topological polar surface area (TPSA) is 86.7 Å². The molecule has 0 saturated carbocycles. The van der Waals surface area contributed by atoms with Gasteiger partial charge in [0, 0.05) is 18.0 Å². The van der Waals surface area contributed by atoms with Crippen molar-refractivity contribution in [3.05, 3.63) is 11.6 Å². The number of likely N-dealkylation sites (N-methyl/N-ethyl adjacent to an activating group) is 1. The van der Waals surface area contributed by atoms with Crippen LogP contribution in [-0.4, -0.2) is 46.9 Å². The summed E-state index contributed by atoms with van der Waals surface area (Å²) >= 11 is 0. The van der Waals surface area contributed by atoms with Crippen molar-refractivity contribution in [3.63, 3.8) is 0 Å². The van der Waals surface area contributed by atoms with E-state index in [0.29, 0.717) is 5.92 Å². The smallest absolute Gasteiger partial charge is 0.331 e. The highest BCUT2D eigenvalue weighted by atomic mass is 16.4. The van der Waals surface area contributed by atoms with Gasteiger partial charge in [-0.05, 0) is 43.9 Å². The molecule has 2 atom stereocenters. The van der Waals surface area contributed by atoms with E-state index in [2.05, 4.69) is 19.2 Å². The molecule has 6 heteroatoms. The van der Waals surface area contributed by atoms with Crippen LogP contribution >= 0.6 is 0 Å². The molecule has 0 spiro atoms. The van der Waals surface area contributed by atoms with Gasteiger partial charge in [0.2, 0.25) is 11.8 Å². The summed E-state index contributed by atoms with van der Waals surface area (Å²) in [5.41, 5.74) is -0.288. The van der Waals surface area contributed by atoms with E-state index in [4.69, 9.17) is 0 Å². The Bertz CT molecular complexity index is 619. The minimum absolute atomic E-state index is 0.0306. The second-order valence-electron chi connectivity index (χ2n) is 9.62. The van der Waals surface area contributed by atoms with Crippen LogP contribution in [0.25, 0.3) is 0 Å². The molecule has 2 amide bonds. The fourth-order valence-corrected chi connectivity index (χ4v) is 3.99. The molecule has 0 bridgehead atoms. The average Bonchev–Trinajstić information content (AvgIpc) is 2.65. The Morgan fingerprint density at radius 3 is 1.83 bits per heavy atom. The fraction of sp³-hybridized carbons (Fsp3) is 0.792. The summed E-state index contributed by atoms with van der Waals surface area (Å²) in [6.45, 7) is 17.5. The molecule has 0 aromatic heterocycles. The Labute approximate surface area is 183 Å². The number of carbonyl (C=O) groups is 3. The van der Waals surface area contributed by atoms with E-state index >= 15 is 0 Å². The first kappa shape index (κ1) is 28.1. The lowest BCUT2D eigenvalue weighted by Crippen LogP contribution is -2.56. The van der Waals surface area contributed by atoms with Crippen molar-refractivity contribution in [1.29, 1.82) is 0 Å². The van der Waals surface area contributed by atoms with E-state index in [-0.39, 0.29) is 35.3 Å². The number of aliphatic carboxylic acids is 1. The molecule has 0 radical (unpaired) electrons. The molecule has 0 aliphatic rings. The van der Waals surface area contributed by atoms with Crippen molar-refractivity contribution in [2.75, 3.05) is 7.05 Å². The summed E-state index contributed by atoms with van der Waals surface area (Å²) in [6.07, 6.45) is 3.83. The number of nitrogens with zero attached hydrogens (tertiary/aromatic N) is 1. The second-order valence-corrected chi connectivity index (χ2v) is 9.62. The predicted molar refractivity (Wildman–Crippen MR) is 122 cm³/mol. The van der Waals surface area contributed by atoms with Crippen molar-refractivity contribution in [2.45, 2.75) is 93.7 Å². The highest BCUT2D eigenvalue weighted by Crippen LogP contribution is 2.34. The van der Waals surface area contributed by atoms with Crippen LogP contribution in [0.5, 0.6) is 0 Å². The summed E-state index contributed by atoms with van der Waals surface area (Å²) < 4.78 is 0. The van der Waals surface area contributed by atoms with Crippen LogP contribution in [0.1, 0.15) is 81.6 Å². The number of amides is 2. The summed E-state index contributed by atoms with van der Waals surface area (Å²) in [7, 11) is 1.68. The lowest BCUT2D eigenvalue weighted by molar-refractivity contribution is -0.142. The zero-order valence-electron chi connectivity index (χ0n) is 20.7. The van der Waals surface area contributed by atoms with Gasteiger partial charge in [0.25, 0.3) is 0 Å². The van der Waals surface area contributed by atoms with Crippen molar-refractivity contribution >= 4 is 17.8 Å². The van der Waals surface area contributed by atoms with Gasteiger partial charge in [-0.25, -0.2) is 4.79 Å². The number of carboxylic acid groups (broad SMARTS) is 1. The minimum atomic E-state index is -1.00. The van der Waals surface area contributed by atoms with Crippen LogP contribution in [-0.2, 0) is 14.4 Å². The van der Waals surface area contributed by atoms with Crippen LogP contribution in [0.4, 0.5) is 0 Å². The summed E-state index contributed by atoms with van der Waals surface area (Å²) in [5, 5.41) is 12.3. The Morgan fingerprint density at radius 1 is 1.00 bits per heavy atom. The molecule has 0 aromatic rings. The third kappa shape index (κ3) is 7.44. The van der Waals surface area contributed by atoms with Gasteiger partial charge in [-0.1, -0.05) is 61.5 Å². The second kappa shape index (κ2) is 12.1. The number of carboxylic acids is 1. The molecular formula is C24H44N2O4. The van der Waals surface area contributed by atoms with Gasteiger partial charge in [0.05, 0.1) is 6.04 Å². The molecule has 0 saturated heterocycles. The lowest BCUT2D eigenvalue weighted by Gasteiger charge is -2.37. The standard InChI is InChI=1S/C24H44N2O4/c1-11-24(12-2,14-15(3)4)23(30)25-20(17(7)8)21(27)26(10)19(16(5)6)13-18(9)22(28)29/h13,15-17,19-20H,11-12,14H2,1-10H3,(H,25,30)(H,28,29)/b18-13+/t19-,20+/m1/s1. The van der Waals surface area contributed by atoms with Crippen LogP contribution in [0.3, 0.4) is 0 Å². The third-order valence-corrected chi connectivity index (χ3v) is 6.09. The Hall–Kier alpha value is -1.85. The highest BCUT2D eigenvalue weighted by Gasteiger charge is 2.39. The van der Waals surface area contributed by atoms with Crippen LogP contribution in [0.15, 0.2) is 11.6 Å². The van der Waals surface area contributed by atoms with Gasteiger partial charge < -0.3 is 15.3 Å². The third-order valence-electron chi connectivity index (χ3n) is 6.09. The van der Waals surface area contributed by atoms with E-state index < -0.39 is 17.4 Å². The maximum atomic E-state index is 13.4. The van der Waals surface area contributed by atoms with E-state index in [1.54, 1.807) is 18.0 Å². The Morgan fingerprint density at radius 2 is 1.50 bits per heavy atom. The number of hydrogen-bond acceptors (Lipinski definition) is 3. The molecule has 0 aliphatic carbocycles. The zero-order chi connectivity index (χ0) is 23.8. The van der Waals surface area contributed by atoms with Crippen LogP contribution in [0, 0.1) is 23.2 Å². The van der Waals surface area contributed by atoms with E-state index in [9.17, 15) is 19.5 Å². The summed E-state index contributed by atoms with van der Waals surface area (Å²) in [6, 6.07) is -1.03. The monoisotopic (exact) mass is 424 g/mol. The summed E-state index contributed by atoms with van der Waals surface area (Å²) in [5.74, 6) is -0.951. The number of rotatable bonds is 12. The molecule has 0 unspecified atom stereocenters. The Kier molecular flexibility index (Phi) is 11.4. The minimum Gasteiger partial charge on any atom is -0.478 e. The lowest BCUT2D eigenvalue weighted by atomic mass is 9.74. The van der Waals surface area contributed by atoms with Gasteiger partial charge in [0.15, 0.2) is 0 Å². The van der Waals surface area contributed by atoms with Gasteiger partial charge >= 0.3 is 5.97 Å². The fourth-order valence-electron chi connectivity index (χ4n) is 3.99. The van der Waals surface area contributed by atoms with Crippen molar-refractivity contribution in [1.82, 2.24) is 10.2 Å². The molecule has 6 nitrogen and oxygen atoms in total.